The van der Waals surface area contributed by atoms with Gasteiger partial charge in [0.1, 0.15) is 9.84 Å². The van der Waals surface area contributed by atoms with Gasteiger partial charge in [-0.25, -0.2) is 8.42 Å². The molecule has 96 valence electrons. The van der Waals surface area contributed by atoms with Crippen LogP contribution in [0.15, 0.2) is 35.4 Å². The normalized spacial score (nSPS) is 11.8. The SMILES string of the molecule is CS(=O)(=O)CCSc1ccnc2c(N)cccc12. The fraction of sp³-hybridized carbons (Fsp3) is 0.250. The van der Waals surface area contributed by atoms with E-state index in [0.717, 1.165) is 15.8 Å². The monoisotopic (exact) mass is 282 g/mol. The molecule has 0 radical (unpaired) electrons. The second-order valence-electron chi connectivity index (χ2n) is 4.03. The van der Waals surface area contributed by atoms with Crippen molar-refractivity contribution < 1.29 is 8.42 Å². The summed E-state index contributed by atoms with van der Waals surface area (Å²) in [7, 11) is -2.92. The minimum Gasteiger partial charge on any atom is -0.397 e. The van der Waals surface area contributed by atoms with Crippen LogP contribution in [0, 0.1) is 0 Å². The number of nitrogens with zero attached hydrogens (tertiary/aromatic N) is 1. The van der Waals surface area contributed by atoms with Gasteiger partial charge < -0.3 is 5.73 Å². The smallest absolute Gasteiger partial charge is 0.148 e. The maximum atomic E-state index is 11.1. The molecular formula is C12H14N2O2S2. The molecule has 0 aliphatic rings. The van der Waals surface area contributed by atoms with Crippen LogP contribution < -0.4 is 5.73 Å². The molecule has 0 saturated heterocycles. The van der Waals surface area contributed by atoms with Crippen LogP contribution in [0.25, 0.3) is 10.9 Å². The maximum absolute atomic E-state index is 11.1. The van der Waals surface area contributed by atoms with E-state index in [0.29, 0.717) is 11.4 Å². The van der Waals surface area contributed by atoms with Gasteiger partial charge in [-0.2, -0.15) is 0 Å². The van der Waals surface area contributed by atoms with E-state index in [9.17, 15) is 8.42 Å². The van der Waals surface area contributed by atoms with E-state index >= 15 is 0 Å². The second-order valence-corrected chi connectivity index (χ2v) is 7.43. The molecule has 0 spiro atoms. The van der Waals surface area contributed by atoms with Gasteiger partial charge in [0.15, 0.2) is 0 Å². The van der Waals surface area contributed by atoms with Gasteiger partial charge in [-0.3, -0.25) is 4.98 Å². The van der Waals surface area contributed by atoms with Crippen molar-refractivity contribution in [2.24, 2.45) is 0 Å². The molecule has 18 heavy (non-hydrogen) atoms. The largest absolute Gasteiger partial charge is 0.397 e. The Hall–Kier alpha value is -1.27. The quantitative estimate of drug-likeness (QED) is 0.685. The van der Waals surface area contributed by atoms with Crippen LogP contribution in [-0.4, -0.2) is 31.2 Å². The van der Waals surface area contributed by atoms with E-state index in [-0.39, 0.29) is 5.75 Å². The van der Waals surface area contributed by atoms with Crippen LogP contribution in [0.4, 0.5) is 5.69 Å². The lowest BCUT2D eigenvalue weighted by Crippen LogP contribution is -2.05. The van der Waals surface area contributed by atoms with Crippen molar-refractivity contribution in [3.8, 4) is 0 Å². The van der Waals surface area contributed by atoms with Gasteiger partial charge in [0.2, 0.25) is 0 Å². The van der Waals surface area contributed by atoms with E-state index in [1.807, 2.05) is 18.2 Å². The summed E-state index contributed by atoms with van der Waals surface area (Å²) in [4.78, 5) is 5.25. The molecule has 0 saturated carbocycles. The summed E-state index contributed by atoms with van der Waals surface area (Å²) in [5.74, 6) is 0.705. The number of rotatable bonds is 4. The summed E-state index contributed by atoms with van der Waals surface area (Å²) < 4.78 is 22.2. The highest BCUT2D eigenvalue weighted by Crippen LogP contribution is 2.29. The van der Waals surface area contributed by atoms with Crippen LogP contribution in [0.3, 0.4) is 0 Å². The fourth-order valence-corrected chi connectivity index (χ4v) is 3.84. The van der Waals surface area contributed by atoms with Crippen molar-refractivity contribution >= 4 is 38.2 Å². The van der Waals surface area contributed by atoms with Crippen molar-refractivity contribution in [1.29, 1.82) is 0 Å². The Kier molecular flexibility index (Phi) is 3.77. The van der Waals surface area contributed by atoms with Gasteiger partial charge >= 0.3 is 0 Å². The Labute approximate surface area is 111 Å². The zero-order valence-electron chi connectivity index (χ0n) is 9.96. The number of hydrogen-bond donors (Lipinski definition) is 1. The Bertz CT molecular complexity index is 669. The molecule has 0 fully saturated rings. The summed E-state index contributed by atoms with van der Waals surface area (Å²) in [6.45, 7) is 0. The summed E-state index contributed by atoms with van der Waals surface area (Å²) >= 11 is 1.51. The van der Waals surface area contributed by atoms with E-state index in [2.05, 4.69) is 4.98 Å². The van der Waals surface area contributed by atoms with Crippen molar-refractivity contribution in [3.63, 3.8) is 0 Å². The average molecular weight is 282 g/mol. The molecule has 4 nitrogen and oxygen atoms in total. The first-order valence-corrected chi connectivity index (χ1v) is 8.46. The number of nitrogens with two attached hydrogens (primary N) is 1. The summed E-state index contributed by atoms with van der Waals surface area (Å²) in [5, 5.41) is 0.969. The Morgan fingerprint density at radius 2 is 2.11 bits per heavy atom. The zero-order chi connectivity index (χ0) is 13.2. The van der Waals surface area contributed by atoms with E-state index < -0.39 is 9.84 Å². The van der Waals surface area contributed by atoms with Gasteiger partial charge in [-0.05, 0) is 12.1 Å². The minimum atomic E-state index is -2.92. The highest BCUT2D eigenvalue weighted by atomic mass is 32.2. The molecule has 1 heterocycles. The molecule has 0 unspecified atom stereocenters. The highest BCUT2D eigenvalue weighted by molar-refractivity contribution is 8.00. The molecule has 1 aromatic carbocycles. The first kappa shape index (κ1) is 13.2. The van der Waals surface area contributed by atoms with Crippen LogP contribution in [-0.2, 0) is 9.84 Å². The molecule has 2 N–H and O–H groups in total. The lowest BCUT2D eigenvalue weighted by atomic mass is 10.2. The first-order valence-electron chi connectivity index (χ1n) is 5.41. The molecule has 0 aliphatic carbocycles. The van der Waals surface area contributed by atoms with Gasteiger partial charge in [-0.15, -0.1) is 11.8 Å². The number of sulfone groups is 1. The van der Waals surface area contributed by atoms with Gasteiger partial charge in [0.05, 0.1) is 17.0 Å². The number of thioether (sulfide) groups is 1. The van der Waals surface area contributed by atoms with Crippen LogP contribution >= 0.6 is 11.8 Å². The third-order valence-electron chi connectivity index (χ3n) is 2.47. The van der Waals surface area contributed by atoms with Crippen molar-refractivity contribution in [1.82, 2.24) is 4.98 Å². The number of nitrogen functional groups attached to an aromatic ring is 1. The number of para-hydroxylation sites is 1. The topological polar surface area (TPSA) is 73.0 Å². The van der Waals surface area contributed by atoms with Gasteiger partial charge in [0, 0.05) is 28.5 Å². The van der Waals surface area contributed by atoms with Crippen LogP contribution in [0.2, 0.25) is 0 Å². The molecular weight excluding hydrogens is 268 g/mol. The van der Waals surface area contributed by atoms with E-state index in [1.165, 1.54) is 18.0 Å². The molecule has 0 atom stereocenters. The second kappa shape index (κ2) is 5.16. The summed E-state index contributed by atoms with van der Waals surface area (Å²) in [6.07, 6.45) is 2.94. The summed E-state index contributed by atoms with van der Waals surface area (Å²) in [6, 6.07) is 7.51. The number of anilines is 1. The number of pyridine rings is 1. The lowest BCUT2D eigenvalue weighted by molar-refractivity contribution is 0.603. The number of hydrogen-bond acceptors (Lipinski definition) is 5. The van der Waals surface area contributed by atoms with E-state index in [1.54, 1.807) is 12.3 Å². The molecule has 0 amide bonds. The fourth-order valence-electron chi connectivity index (χ4n) is 1.60. The van der Waals surface area contributed by atoms with Crippen LogP contribution in [0.1, 0.15) is 0 Å². The van der Waals surface area contributed by atoms with Crippen molar-refractivity contribution in [2.75, 3.05) is 23.5 Å². The third kappa shape index (κ3) is 3.14. The molecule has 2 aromatic rings. The zero-order valence-corrected chi connectivity index (χ0v) is 11.6. The first-order chi connectivity index (χ1) is 8.47. The lowest BCUT2D eigenvalue weighted by Gasteiger charge is -2.06. The third-order valence-corrected chi connectivity index (χ3v) is 4.75. The summed E-state index contributed by atoms with van der Waals surface area (Å²) in [5.41, 5.74) is 7.26. The number of aromatic nitrogens is 1. The van der Waals surface area contributed by atoms with Crippen molar-refractivity contribution in [3.05, 3.63) is 30.5 Å². The molecule has 6 heteroatoms. The van der Waals surface area contributed by atoms with Crippen LogP contribution in [0.5, 0.6) is 0 Å². The number of fused-ring (bicyclic) bond motifs is 1. The van der Waals surface area contributed by atoms with Gasteiger partial charge in [-0.1, -0.05) is 12.1 Å². The predicted octanol–water partition coefficient (Wildman–Crippen LogP) is 1.95. The maximum Gasteiger partial charge on any atom is 0.148 e. The molecule has 0 aliphatic heterocycles. The number of benzene rings is 1. The Morgan fingerprint density at radius 1 is 1.33 bits per heavy atom. The van der Waals surface area contributed by atoms with Gasteiger partial charge in [0.25, 0.3) is 0 Å². The highest BCUT2D eigenvalue weighted by Gasteiger charge is 2.07. The Balaban J connectivity index is 2.26. The average Bonchev–Trinajstić information content (AvgIpc) is 2.29. The van der Waals surface area contributed by atoms with E-state index in [4.69, 9.17) is 5.73 Å². The standard InChI is InChI=1S/C12H14N2O2S2/c1-18(15,16)8-7-17-11-5-6-14-12-9(11)3-2-4-10(12)13/h2-6H,7-8,13H2,1H3. The molecule has 1 aromatic heterocycles. The molecule has 0 bridgehead atoms. The van der Waals surface area contributed by atoms with Crippen molar-refractivity contribution in [2.45, 2.75) is 4.90 Å². The Morgan fingerprint density at radius 3 is 2.83 bits per heavy atom. The predicted molar refractivity (Wildman–Crippen MR) is 76.6 cm³/mol. The minimum absolute atomic E-state index is 0.170. The molecule has 2 rings (SSSR count).